The van der Waals surface area contributed by atoms with Crippen LogP contribution in [-0.4, -0.2) is 19.6 Å². The van der Waals surface area contributed by atoms with Crippen molar-refractivity contribution in [2.45, 2.75) is 24.3 Å². The number of hydrogen-bond acceptors (Lipinski definition) is 4. The van der Waals surface area contributed by atoms with Crippen molar-refractivity contribution in [3.8, 4) is 6.07 Å². The van der Waals surface area contributed by atoms with Gasteiger partial charge in [0.15, 0.2) is 0 Å². The Morgan fingerprint density at radius 2 is 2.04 bits per heavy atom. The fourth-order valence-electron chi connectivity index (χ4n) is 2.91. The van der Waals surface area contributed by atoms with Crippen LogP contribution >= 0.6 is 0 Å². The van der Waals surface area contributed by atoms with E-state index in [4.69, 9.17) is 5.26 Å². The first-order valence-electron chi connectivity index (χ1n) is 7.34. The fraction of sp³-hybridized carbons (Fsp3) is 0.235. The van der Waals surface area contributed by atoms with Crippen molar-refractivity contribution in [1.82, 2.24) is 4.72 Å². The fourth-order valence-corrected chi connectivity index (χ4v) is 4.30. The summed E-state index contributed by atoms with van der Waals surface area (Å²) >= 11 is 0. The molecule has 0 unspecified atom stereocenters. The molecule has 0 aromatic heterocycles. The number of fused-ring (bicyclic) bond motifs is 1. The van der Waals surface area contributed by atoms with Gasteiger partial charge < -0.3 is 5.11 Å². The zero-order chi connectivity index (χ0) is 17.3. The quantitative estimate of drug-likeness (QED) is 0.883. The minimum atomic E-state index is -3.90. The normalized spacial score (nSPS) is 19.7. The van der Waals surface area contributed by atoms with Crippen molar-refractivity contribution < 1.29 is 17.9 Å². The number of benzene rings is 2. The molecule has 3 rings (SSSR count). The molecule has 0 spiro atoms. The van der Waals surface area contributed by atoms with Crippen LogP contribution in [-0.2, 0) is 22.2 Å². The van der Waals surface area contributed by atoms with E-state index in [-0.39, 0.29) is 11.1 Å². The van der Waals surface area contributed by atoms with Gasteiger partial charge in [-0.3, -0.25) is 0 Å². The summed E-state index contributed by atoms with van der Waals surface area (Å²) in [6.07, 6.45) is -0.505. The molecule has 24 heavy (non-hydrogen) atoms. The molecule has 124 valence electrons. The van der Waals surface area contributed by atoms with Crippen LogP contribution in [0.15, 0.2) is 42.5 Å². The number of nitrogens with zero attached hydrogens (tertiary/aromatic N) is 1. The molecule has 0 fully saturated rings. The molecule has 0 heterocycles. The van der Waals surface area contributed by atoms with Gasteiger partial charge in [-0.05, 0) is 29.3 Å². The Balaban J connectivity index is 1.84. The first kappa shape index (κ1) is 16.6. The predicted octanol–water partition coefficient (Wildman–Crippen LogP) is 1.78. The predicted molar refractivity (Wildman–Crippen MR) is 85.8 cm³/mol. The first-order chi connectivity index (χ1) is 11.4. The minimum absolute atomic E-state index is 0.0812. The lowest BCUT2D eigenvalue weighted by molar-refractivity contribution is 0.151. The van der Waals surface area contributed by atoms with Crippen LogP contribution < -0.4 is 4.72 Å². The molecule has 0 aliphatic heterocycles. The van der Waals surface area contributed by atoms with E-state index in [9.17, 15) is 17.9 Å². The zero-order valence-electron chi connectivity index (χ0n) is 12.6. The van der Waals surface area contributed by atoms with Crippen LogP contribution in [0.2, 0.25) is 0 Å². The maximum Gasteiger partial charge on any atom is 0.216 e. The smallest absolute Gasteiger partial charge is 0.216 e. The average molecular weight is 346 g/mol. The Morgan fingerprint density at radius 1 is 1.29 bits per heavy atom. The van der Waals surface area contributed by atoms with Gasteiger partial charge in [-0.15, -0.1) is 0 Å². The molecule has 2 atom stereocenters. The van der Waals surface area contributed by atoms with Crippen molar-refractivity contribution >= 4 is 10.0 Å². The van der Waals surface area contributed by atoms with Crippen molar-refractivity contribution in [3.63, 3.8) is 0 Å². The van der Waals surface area contributed by atoms with E-state index in [0.717, 1.165) is 17.2 Å². The highest BCUT2D eigenvalue weighted by Crippen LogP contribution is 2.32. The summed E-state index contributed by atoms with van der Waals surface area (Å²) in [4.78, 5) is 0. The number of rotatable bonds is 4. The lowest BCUT2D eigenvalue weighted by atomic mass is 10.1. The van der Waals surface area contributed by atoms with Gasteiger partial charge in [0.25, 0.3) is 0 Å². The maximum atomic E-state index is 13.8. The molecule has 2 N–H and O–H groups in total. The first-order valence-corrected chi connectivity index (χ1v) is 8.99. The van der Waals surface area contributed by atoms with Crippen LogP contribution in [0.25, 0.3) is 0 Å². The lowest BCUT2D eigenvalue weighted by Crippen LogP contribution is -2.34. The Kier molecular flexibility index (Phi) is 4.37. The highest BCUT2D eigenvalue weighted by molar-refractivity contribution is 7.88. The molecule has 1 aliphatic carbocycles. The van der Waals surface area contributed by atoms with E-state index in [1.54, 1.807) is 12.1 Å². The van der Waals surface area contributed by atoms with Gasteiger partial charge >= 0.3 is 0 Å². The van der Waals surface area contributed by atoms with Crippen LogP contribution in [0.4, 0.5) is 4.39 Å². The zero-order valence-corrected chi connectivity index (χ0v) is 13.4. The highest BCUT2D eigenvalue weighted by atomic mass is 32.2. The van der Waals surface area contributed by atoms with Crippen LogP contribution in [0, 0.1) is 17.1 Å². The Hall–Kier alpha value is -2.27. The van der Waals surface area contributed by atoms with Gasteiger partial charge in [0.05, 0.1) is 29.5 Å². The number of aliphatic hydroxyl groups excluding tert-OH is 1. The summed E-state index contributed by atoms with van der Waals surface area (Å²) in [6, 6.07) is 11.9. The third-order valence-corrected chi connectivity index (χ3v) is 5.33. The van der Waals surface area contributed by atoms with Crippen molar-refractivity contribution in [1.29, 1.82) is 5.26 Å². The van der Waals surface area contributed by atoms with Crippen LogP contribution in [0.3, 0.4) is 0 Å². The molecule has 2 aromatic rings. The molecule has 7 heteroatoms. The van der Waals surface area contributed by atoms with E-state index >= 15 is 0 Å². The van der Waals surface area contributed by atoms with Gasteiger partial charge in [0.1, 0.15) is 5.82 Å². The van der Waals surface area contributed by atoms with Crippen molar-refractivity contribution in [2.75, 3.05) is 0 Å². The molecular formula is C17H15FN2O3S. The van der Waals surface area contributed by atoms with Gasteiger partial charge in [0.2, 0.25) is 10.0 Å². The number of sulfonamides is 1. The second-order valence-electron chi connectivity index (χ2n) is 5.74. The van der Waals surface area contributed by atoms with E-state index in [2.05, 4.69) is 4.72 Å². The van der Waals surface area contributed by atoms with E-state index in [0.29, 0.717) is 6.42 Å². The second kappa shape index (κ2) is 6.32. The summed E-state index contributed by atoms with van der Waals surface area (Å²) in [5, 5.41) is 19.0. The summed E-state index contributed by atoms with van der Waals surface area (Å²) in [5.74, 6) is -1.29. The number of nitriles is 1. The SMILES string of the molecule is N#Cc1ccc(F)c(CS(=O)(=O)N[C@H]2c3ccccc3C[C@H]2O)c1. The number of nitrogens with one attached hydrogen (secondary N) is 1. The number of aliphatic hydroxyl groups is 1. The molecule has 0 amide bonds. The van der Waals surface area contributed by atoms with E-state index < -0.39 is 33.7 Å². The molecule has 1 aliphatic rings. The molecule has 5 nitrogen and oxygen atoms in total. The van der Waals surface area contributed by atoms with E-state index in [1.807, 2.05) is 18.2 Å². The van der Waals surface area contributed by atoms with Gasteiger partial charge in [-0.2, -0.15) is 5.26 Å². The lowest BCUT2D eigenvalue weighted by Gasteiger charge is -2.18. The standard InChI is InChI=1S/C17H15FN2O3S/c18-15-6-5-11(9-19)7-13(15)10-24(22,23)20-17-14-4-2-1-3-12(14)8-16(17)21/h1-7,16-17,20-21H,8,10H2/t16-,17+/m1/s1. The Bertz CT molecular complexity index is 922. The molecule has 0 saturated carbocycles. The average Bonchev–Trinajstić information content (AvgIpc) is 2.85. The summed E-state index contributed by atoms with van der Waals surface area (Å²) < 4.78 is 41.0. The molecule has 0 bridgehead atoms. The number of hydrogen-bond donors (Lipinski definition) is 2. The molecule has 0 saturated heterocycles. The monoisotopic (exact) mass is 346 g/mol. The van der Waals surface area contributed by atoms with Crippen LogP contribution in [0.1, 0.15) is 28.3 Å². The summed E-state index contributed by atoms with van der Waals surface area (Å²) in [6.45, 7) is 0. The molecule has 0 radical (unpaired) electrons. The van der Waals surface area contributed by atoms with Crippen molar-refractivity contribution in [2.24, 2.45) is 0 Å². The largest absolute Gasteiger partial charge is 0.391 e. The van der Waals surface area contributed by atoms with Gasteiger partial charge in [0, 0.05) is 12.0 Å². The number of halogens is 1. The molecule has 2 aromatic carbocycles. The van der Waals surface area contributed by atoms with Crippen LogP contribution in [0.5, 0.6) is 0 Å². The second-order valence-corrected chi connectivity index (χ2v) is 7.50. The minimum Gasteiger partial charge on any atom is -0.391 e. The van der Waals surface area contributed by atoms with Crippen molar-refractivity contribution in [3.05, 3.63) is 70.5 Å². The summed E-state index contributed by atoms with van der Waals surface area (Å²) in [7, 11) is -3.90. The maximum absolute atomic E-state index is 13.8. The Labute approximate surface area is 139 Å². The topological polar surface area (TPSA) is 90.2 Å². The third kappa shape index (κ3) is 3.31. The van der Waals surface area contributed by atoms with Gasteiger partial charge in [-0.25, -0.2) is 17.5 Å². The van der Waals surface area contributed by atoms with Gasteiger partial charge in [-0.1, -0.05) is 24.3 Å². The Morgan fingerprint density at radius 3 is 2.79 bits per heavy atom. The molecular weight excluding hydrogens is 331 g/mol. The summed E-state index contributed by atoms with van der Waals surface area (Å²) in [5.41, 5.74) is 1.71. The van der Waals surface area contributed by atoms with E-state index in [1.165, 1.54) is 12.1 Å². The third-order valence-electron chi connectivity index (χ3n) is 4.03. The highest BCUT2D eigenvalue weighted by Gasteiger charge is 2.33.